The van der Waals surface area contributed by atoms with Crippen LogP contribution in [0.2, 0.25) is 0 Å². The van der Waals surface area contributed by atoms with E-state index in [0.29, 0.717) is 0 Å². The summed E-state index contributed by atoms with van der Waals surface area (Å²) in [5.41, 5.74) is 3.95. The van der Waals surface area contributed by atoms with Gasteiger partial charge in [0.25, 0.3) is 0 Å². The number of nitrogens with zero attached hydrogens (tertiary/aromatic N) is 2. The van der Waals surface area contributed by atoms with Crippen LogP contribution in [0.5, 0.6) is 0 Å². The van der Waals surface area contributed by atoms with Crippen LogP contribution in [-0.4, -0.2) is 9.55 Å². The number of anilines is 1. The number of halogens is 3. The van der Waals surface area contributed by atoms with Gasteiger partial charge in [-0.15, -0.1) is 0 Å². The van der Waals surface area contributed by atoms with Gasteiger partial charge in [-0.05, 0) is 0 Å². The second-order valence-corrected chi connectivity index (χ2v) is 4.47. The molecule has 0 bridgehead atoms. The molecule has 0 fully saturated rings. The highest BCUT2D eigenvalue weighted by Crippen LogP contribution is 2.37. The van der Waals surface area contributed by atoms with Crippen LogP contribution < -0.4 is 5.73 Å². The number of hydrogen-bond donors (Lipinski definition) is 1. The van der Waals surface area contributed by atoms with Crippen LogP contribution in [0.25, 0.3) is 0 Å². The van der Waals surface area contributed by atoms with Crippen molar-refractivity contribution in [1.29, 1.82) is 0 Å². The molecule has 0 aliphatic heterocycles. The van der Waals surface area contributed by atoms with Crippen LogP contribution in [0, 0.1) is 0 Å². The molecule has 6 heteroatoms. The van der Waals surface area contributed by atoms with Crippen molar-refractivity contribution in [2.45, 2.75) is 32.4 Å². The lowest BCUT2D eigenvalue weighted by Crippen LogP contribution is -2.22. The van der Waals surface area contributed by atoms with E-state index in [-0.39, 0.29) is 11.6 Å². The molecule has 0 aliphatic carbocycles. The van der Waals surface area contributed by atoms with E-state index in [4.69, 9.17) is 5.73 Å². The first-order valence-corrected chi connectivity index (χ1v) is 4.45. The number of imidazole rings is 1. The summed E-state index contributed by atoms with van der Waals surface area (Å²) >= 11 is 0. The molecule has 0 atom stereocenters. The van der Waals surface area contributed by atoms with Gasteiger partial charge in [0.1, 0.15) is 0 Å². The second kappa shape index (κ2) is 3.15. The zero-order valence-electron chi connectivity index (χ0n) is 9.11. The van der Waals surface area contributed by atoms with E-state index in [0.717, 1.165) is 0 Å². The predicted octanol–water partition coefficient (Wildman–Crippen LogP) is 2.32. The maximum atomic E-state index is 12.6. The van der Waals surface area contributed by atoms with E-state index in [1.165, 1.54) is 11.6 Å². The Morgan fingerprint density at radius 3 is 1.93 bits per heavy atom. The van der Waals surface area contributed by atoms with Gasteiger partial charge in [0.05, 0.1) is 5.69 Å². The standard InChI is InChI=1S/C9H14F3N3/c1-8(2,3)6-5(9(10,11)12)14-7(13)15(6)4/h1-4H3,(H2,13,14). The Morgan fingerprint density at radius 1 is 1.20 bits per heavy atom. The number of rotatable bonds is 0. The largest absolute Gasteiger partial charge is 0.435 e. The Kier molecular flexibility index (Phi) is 2.49. The first-order chi connectivity index (χ1) is 6.55. The summed E-state index contributed by atoms with van der Waals surface area (Å²) < 4.78 is 39.2. The van der Waals surface area contributed by atoms with Gasteiger partial charge in [0.15, 0.2) is 5.69 Å². The predicted molar refractivity (Wildman–Crippen MR) is 51.3 cm³/mol. The van der Waals surface area contributed by atoms with E-state index in [1.54, 1.807) is 20.8 Å². The molecule has 1 heterocycles. The van der Waals surface area contributed by atoms with E-state index >= 15 is 0 Å². The Bertz CT molecular complexity index is 371. The molecule has 0 aromatic carbocycles. The van der Waals surface area contributed by atoms with Crippen LogP contribution in [0.3, 0.4) is 0 Å². The summed E-state index contributed by atoms with van der Waals surface area (Å²) in [4.78, 5) is 3.36. The summed E-state index contributed by atoms with van der Waals surface area (Å²) in [7, 11) is 1.48. The van der Waals surface area contributed by atoms with Gasteiger partial charge in [0, 0.05) is 12.5 Å². The van der Waals surface area contributed by atoms with Crippen molar-refractivity contribution in [3.8, 4) is 0 Å². The minimum Gasteiger partial charge on any atom is -0.369 e. The smallest absolute Gasteiger partial charge is 0.369 e. The van der Waals surface area contributed by atoms with E-state index in [2.05, 4.69) is 4.98 Å². The van der Waals surface area contributed by atoms with Gasteiger partial charge in [-0.3, -0.25) is 0 Å². The van der Waals surface area contributed by atoms with Crippen LogP contribution in [0.15, 0.2) is 0 Å². The molecular weight excluding hydrogens is 207 g/mol. The fourth-order valence-corrected chi connectivity index (χ4v) is 1.57. The molecule has 0 saturated heterocycles. The Morgan fingerprint density at radius 2 is 1.67 bits per heavy atom. The molecule has 3 nitrogen and oxygen atoms in total. The minimum absolute atomic E-state index is 0.104. The maximum absolute atomic E-state index is 12.6. The highest BCUT2D eigenvalue weighted by molar-refractivity contribution is 5.34. The van der Waals surface area contributed by atoms with E-state index < -0.39 is 17.3 Å². The lowest BCUT2D eigenvalue weighted by atomic mass is 9.90. The monoisotopic (exact) mass is 221 g/mol. The van der Waals surface area contributed by atoms with Gasteiger partial charge in [-0.25, -0.2) is 4.98 Å². The van der Waals surface area contributed by atoms with E-state index in [9.17, 15) is 13.2 Å². The number of alkyl halides is 3. The van der Waals surface area contributed by atoms with Gasteiger partial charge in [-0.2, -0.15) is 13.2 Å². The molecule has 86 valence electrons. The third kappa shape index (κ3) is 2.08. The summed E-state index contributed by atoms with van der Waals surface area (Å²) in [5.74, 6) is -0.118. The fraction of sp³-hybridized carbons (Fsp3) is 0.667. The first kappa shape index (κ1) is 11.9. The molecule has 0 amide bonds. The summed E-state index contributed by atoms with van der Waals surface area (Å²) in [6.07, 6.45) is -4.46. The van der Waals surface area contributed by atoms with Gasteiger partial charge in [0.2, 0.25) is 5.95 Å². The molecule has 0 aliphatic rings. The highest BCUT2D eigenvalue weighted by atomic mass is 19.4. The number of nitrogen functional groups attached to an aromatic ring is 1. The van der Waals surface area contributed by atoms with Crippen LogP contribution in [0.4, 0.5) is 19.1 Å². The molecule has 15 heavy (non-hydrogen) atoms. The molecule has 0 radical (unpaired) electrons. The van der Waals surface area contributed by atoms with Crippen molar-refractivity contribution < 1.29 is 13.2 Å². The van der Waals surface area contributed by atoms with Crippen molar-refractivity contribution in [2.24, 2.45) is 7.05 Å². The van der Waals surface area contributed by atoms with Gasteiger partial charge >= 0.3 is 6.18 Å². The van der Waals surface area contributed by atoms with Gasteiger partial charge < -0.3 is 10.3 Å². The summed E-state index contributed by atoms with van der Waals surface area (Å²) in [6.45, 7) is 5.08. The SMILES string of the molecule is Cn1c(N)nc(C(F)(F)F)c1C(C)(C)C. The Balaban J connectivity index is 3.48. The number of nitrogens with two attached hydrogens (primary N) is 1. The second-order valence-electron chi connectivity index (χ2n) is 4.47. The van der Waals surface area contributed by atoms with Crippen molar-refractivity contribution in [1.82, 2.24) is 9.55 Å². The molecule has 1 rings (SSSR count). The van der Waals surface area contributed by atoms with Crippen molar-refractivity contribution in [3.05, 3.63) is 11.4 Å². The first-order valence-electron chi connectivity index (χ1n) is 4.45. The molecule has 1 aromatic rings. The van der Waals surface area contributed by atoms with Gasteiger partial charge in [-0.1, -0.05) is 20.8 Å². The van der Waals surface area contributed by atoms with Crippen LogP contribution in [-0.2, 0) is 18.6 Å². The molecule has 0 unspecified atom stereocenters. The quantitative estimate of drug-likeness (QED) is 0.730. The zero-order valence-corrected chi connectivity index (χ0v) is 9.11. The Hall–Kier alpha value is -1.20. The normalized spacial score (nSPS) is 13.3. The van der Waals surface area contributed by atoms with Crippen molar-refractivity contribution >= 4 is 5.95 Å². The minimum atomic E-state index is -4.46. The van der Waals surface area contributed by atoms with Crippen molar-refractivity contribution in [2.75, 3.05) is 5.73 Å². The summed E-state index contributed by atoms with van der Waals surface area (Å²) in [6, 6.07) is 0. The average molecular weight is 221 g/mol. The topological polar surface area (TPSA) is 43.8 Å². The Labute approximate surface area is 86.1 Å². The fourth-order valence-electron chi connectivity index (χ4n) is 1.57. The third-order valence-corrected chi connectivity index (χ3v) is 2.11. The van der Waals surface area contributed by atoms with E-state index in [1.807, 2.05) is 0 Å². The zero-order chi connectivity index (χ0) is 12.0. The molecule has 2 N–H and O–H groups in total. The average Bonchev–Trinajstić information content (AvgIpc) is 2.25. The number of aromatic nitrogens is 2. The number of hydrogen-bond acceptors (Lipinski definition) is 2. The summed E-state index contributed by atoms with van der Waals surface area (Å²) in [5, 5.41) is 0. The molecule has 0 spiro atoms. The lowest BCUT2D eigenvalue weighted by Gasteiger charge is -2.21. The third-order valence-electron chi connectivity index (χ3n) is 2.11. The van der Waals surface area contributed by atoms with Crippen LogP contribution >= 0.6 is 0 Å². The molecule has 1 aromatic heterocycles. The van der Waals surface area contributed by atoms with Crippen molar-refractivity contribution in [3.63, 3.8) is 0 Å². The molecule has 0 saturated carbocycles. The highest BCUT2D eigenvalue weighted by Gasteiger charge is 2.41. The van der Waals surface area contributed by atoms with Crippen LogP contribution in [0.1, 0.15) is 32.2 Å². The molecular formula is C9H14F3N3. The lowest BCUT2D eigenvalue weighted by molar-refractivity contribution is -0.142. The maximum Gasteiger partial charge on any atom is 0.435 e.